The van der Waals surface area contributed by atoms with Gasteiger partial charge in [0.25, 0.3) is 0 Å². The first-order valence-electron chi connectivity index (χ1n) is 4.01. The van der Waals surface area contributed by atoms with Crippen LogP contribution in [0.2, 0.25) is 0 Å². The van der Waals surface area contributed by atoms with E-state index in [4.69, 9.17) is 0 Å². The molecule has 0 aliphatic rings. The first kappa shape index (κ1) is 10.4. The Morgan fingerprint density at radius 3 is 2.50 bits per heavy atom. The van der Waals surface area contributed by atoms with Crippen molar-refractivity contribution in [2.75, 3.05) is 6.86 Å². The van der Waals surface area contributed by atoms with Gasteiger partial charge in [-0.2, -0.15) is 0 Å². The van der Waals surface area contributed by atoms with Gasteiger partial charge in [0.2, 0.25) is 12.6 Å². The number of nitro benzene ring substituents is 1. The third-order valence-corrected chi connectivity index (χ3v) is 1.91. The molecule has 5 heteroatoms. The van der Waals surface area contributed by atoms with Crippen LogP contribution in [0.1, 0.15) is 11.1 Å². The van der Waals surface area contributed by atoms with Crippen molar-refractivity contribution < 1.29 is 14.1 Å². The van der Waals surface area contributed by atoms with Crippen molar-refractivity contribution in [3.63, 3.8) is 0 Å². The maximum Gasteiger partial charge on any atom is 0.314 e. The molecular formula is C9H10FNO3. The lowest BCUT2D eigenvalue weighted by atomic mass is 10.1. The highest BCUT2D eigenvalue weighted by molar-refractivity contribution is 5.56. The highest BCUT2D eigenvalue weighted by atomic mass is 19.1. The van der Waals surface area contributed by atoms with Gasteiger partial charge in [-0.1, -0.05) is 12.1 Å². The Labute approximate surface area is 80.5 Å². The Balaban J connectivity index is 3.33. The van der Waals surface area contributed by atoms with E-state index >= 15 is 0 Å². The third-order valence-electron chi connectivity index (χ3n) is 1.91. The van der Waals surface area contributed by atoms with E-state index in [1.54, 1.807) is 26.0 Å². The van der Waals surface area contributed by atoms with E-state index in [0.29, 0.717) is 11.1 Å². The van der Waals surface area contributed by atoms with Crippen molar-refractivity contribution in [3.05, 3.63) is 33.4 Å². The molecule has 1 aromatic rings. The van der Waals surface area contributed by atoms with Gasteiger partial charge in [0.05, 0.1) is 4.92 Å². The first-order chi connectivity index (χ1) is 6.57. The Morgan fingerprint density at radius 1 is 1.43 bits per heavy atom. The molecule has 0 spiro atoms. The molecule has 0 unspecified atom stereocenters. The number of ether oxygens (including phenoxy) is 1. The van der Waals surface area contributed by atoms with Crippen LogP contribution in [-0.4, -0.2) is 11.8 Å². The molecule has 0 aliphatic carbocycles. The fraction of sp³-hybridized carbons (Fsp3) is 0.333. The fourth-order valence-electron chi connectivity index (χ4n) is 1.23. The number of alkyl halides is 1. The zero-order valence-corrected chi connectivity index (χ0v) is 7.91. The van der Waals surface area contributed by atoms with Gasteiger partial charge in [-0.15, -0.1) is 0 Å². The minimum Gasteiger partial charge on any atom is -0.455 e. The number of benzene rings is 1. The van der Waals surface area contributed by atoms with Crippen LogP contribution >= 0.6 is 0 Å². The predicted molar refractivity (Wildman–Crippen MR) is 49.2 cm³/mol. The monoisotopic (exact) mass is 199 g/mol. The van der Waals surface area contributed by atoms with E-state index in [9.17, 15) is 14.5 Å². The van der Waals surface area contributed by atoms with E-state index in [1.165, 1.54) is 0 Å². The summed E-state index contributed by atoms with van der Waals surface area (Å²) in [6.07, 6.45) is 0. The fourth-order valence-corrected chi connectivity index (χ4v) is 1.23. The van der Waals surface area contributed by atoms with E-state index < -0.39 is 11.8 Å². The predicted octanol–water partition coefficient (Wildman–Crippen LogP) is 2.52. The van der Waals surface area contributed by atoms with E-state index in [-0.39, 0.29) is 11.4 Å². The van der Waals surface area contributed by atoms with Crippen LogP contribution in [-0.2, 0) is 0 Å². The summed E-state index contributed by atoms with van der Waals surface area (Å²) in [7, 11) is 0. The Hall–Kier alpha value is -1.65. The first-order valence-corrected chi connectivity index (χ1v) is 4.01. The lowest BCUT2D eigenvalue weighted by Crippen LogP contribution is -2.00. The minimum absolute atomic E-state index is 0.0116. The lowest BCUT2D eigenvalue weighted by molar-refractivity contribution is -0.386. The van der Waals surface area contributed by atoms with Crippen LogP contribution in [0.15, 0.2) is 12.1 Å². The van der Waals surface area contributed by atoms with Crippen LogP contribution in [0, 0.1) is 24.0 Å². The van der Waals surface area contributed by atoms with Crippen LogP contribution in [0.25, 0.3) is 0 Å². The molecule has 0 saturated carbocycles. The smallest absolute Gasteiger partial charge is 0.314 e. The van der Waals surface area contributed by atoms with Gasteiger partial charge in [0.15, 0.2) is 0 Å². The highest BCUT2D eigenvalue weighted by Crippen LogP contribution is 2.33. The van der Waals surface area contributed by atoms with Crippen LogP contribution in [0.3, 0.4) is 0 Å². The Bertz CT molecular complexity index is 365. The lowest BCUT2D eigenvalue weighted by Gasteiger charge is -2.07. The van der Waals surface area contributed by atoms with Crippen molar-refractivity contribution in [1.82, 2.24) is 0 Å². The highest BCUT2D eigenvalue weighted by Gasteiger charge is 2.20. The summed E-state index contributed by atoms with van der Waals surface area (Å²) in [6, 6.07) is 3.27. The number of hydrogen-bond donors (Lipinski definition) is 0. The number of halogens is 1. The minimum atomic E-state index is -1.06. The average Bonchev–Trinajstić information content (AvgIpc) is 2.11. The molecule has 1 aromatic carbocycles. The zero-order chi connectivity index (χ0) is 10.7. The molecule has 14 heavy (non-hydrogen) atoms. The summed E-state index contributed by atoms with van der Waals surface area (Å²) < 4.78 is 16.6. The molecule has 1 rings (SSSR count). The number of hydrogen-bond acceptors (Lipinski definition) is 3. The molecule has 0 N–H and O–H groups in total. The maximum absolute atomic E-state index is 12.0. The summed E-state index contributed by atoms with van der Waals surface area (Å²) in [5, 5.41) is 10.7. The van der Waals surface area contributed by atoms with Gasteiger partial charge < -0.3 is 4.74 Å². The average molecular weight is 199 g/mol. The van der Waals surface area contributed by atoms with Crippen molar-refractivity contribution in [3.8, 4) is 5.75 Å². The molecule has 0 bridgehead atoms. The molecule has 0 atom stereocenters. The molecule has 0 heterocycles. The van der Waals surface area contributed by atoms with Crippen molar-refractivity contribution in [2.24, 2.45) is 0 Å². The van der Waals surface area contributed by atoms with Gasteiger partial charge in [-0.25, -0.2) is 4.39 Å². The van der Waals surface area contributed by atoms with Gasteiger partial charge >= 0.3 is 5.69 Å². The zero-order valence-electron chi connectivity index (χ0n) is 7.91. The van der Waals surface area contributed by atoms with Crippen LogP contribution in [0.5, 0.6) is 5.75 Å². The van der Waals surface area contributed by atoms with E-state index in [0.717, 1.165) is 0 Å². The number of nitro groups is 1. The standard InChI is InChI=1S/C9H10FNO3/c1-6-3-4-7(2)9(14-5-10)8(6)11(12)13/h3-4H,5H2,1-2H3. The SMILES string of the molecule is Cc1ccc(C)c([N+](=O)[O-])c1OCF. The molecule has 0 aliphatic heterocycles. The second kappa shape index (κ2) is 4.04. The van der Waals surface area contributed by atoms with Crippen LogP contribution in [0.4, 0.5) is 10.1 Å². The molecule has 0 amide bonds. The van der Waals surface area contributed by atoms with Gasteiger partial charge in [0, 0.05) is 5.56 Å². The van der Waals surface area contributed by atoms with Crippen molar-refractivity contribution in [2.45, 2.75) is 13.8 Å². The van der Waals surface area contributed by atoms with Gasteiger partial charge in [-0.05, 0) is 19.4 Å². The molecule has 0 saturated heterocycles. The molecular weight excluding hydrogens is 189 g/mol. The van der Waals surface area contributed by atoms with E-state index in [2.05, 4.69) is 4.74 Å². The summed E-state index contributed by atoms with van der Waals surface area (Å²) in [6.45, 7) is 2.16. The van der Waals surface area contributed by atoms with Crippen molar-refractivity contribution >= 4 is 5.69 Å². The van der Waals surface area contributed by atoms with Crippen molar-refractivity contribution in [1.29, 1.82) is 0 Å². The largest absolute Gasteiger partial charge is 0.455 e. The second-order valence-corrected chi connectivity index (χ2v) is 2.89. The van der Waals surface area contributed by atoms with Crippen LogP contribution < -0.4 is 4.74 Å². The molecule has 0 radical (unpaired) electrons. The molecule has 4 nitrogen and oxygen atoms in total. The van der Waals surface area contributed by atoms with Gasteiger partial charge in [0.1, 0.15) is 0 Å². The Morgan fingerprint density at radius 2 is 2.00 bits per heavy atom. The number of aryl methyl sites for hydroxylation is 2. The summed E-state index contributed by atoms with van der Waals surface area (Å²) in [5.74, 6) is 0.0116. The van der Waals surface area contributed by atoms with E-state index in [1.807, 2.05) is 0 Å². The molecule has 76 valence electrons. The normalized spacial score (nSPS) is 9.93. The van der Waals surface area contributed by atoms with Gasteiger partial charge in [-0.3, -0.25) is 10.1 Å². The summed E-state index contributed by atoms with van der Waals surface area (Å²) >= 11 is 0. The molecule has 0 aromatic heterocycles. The number of rotatable bonds is 3. The second-order valence-electron chi connectivity index (χ2n) is 2.89. The topological polar surface area (TPSA) is 52.4 Å². The summed E-state index contributed by atoms with van der Waals surface area (Å²) in [5.41, 5.74) is 0.853. The maximum atomic E-state index is 12.0. The molecule has 0 fully saturated rings. The number of nitrogens with zero attached hydrogens (tertiary/aromatic N) is 1. The Kier molecular flexibility index (Phi) is 3.01. The quantitative estimate of drug-likeness (QED) is 0.555. The third kappa shape index (κ3) is 1.81. The summed E-state index contributed by atoms with van der Waals surface area (Å²) in [4.78, 5) is 10.1.